The summed E-state index contributed by atoms with van der Waals surface area (Å²) in [6.07, 6.45) is -0.355. The molecule has 0 aliphatic rings. The number of benzene rings is 3. The molecule has 9 heteroatoms. The molecular weight excluding hydrogens is 496 g/mol. The quantitative estimate of drug-likeness (QED) is 0.249. The van der Waals surface area contributed by atoms with Crippen molar-refractivity contribution < 1.29 is 24.2 Å². The Balaban J connectivity index is 1.47. The second kappa shape index (κ2) is 15.8. The summed E-state index contributed by atoms with van der Waals surface area (Å²) in [5, 5.41) is 15.2. The number of carbonyl (C=O) groups excluding carboxylic acids is 2. The molecule has 0 heterocycles. The number of hydrogen-bond acceptors (Lipinski definition) is 5. The van der Waals surface area contributed by atoms with E-state index in [9.17, 15) is 19.5 Å². The van der Waals surface area contributed by atoms with Gasteiger partial charge in [-0.25, -0.2) is 9.59 Å². The monoisotopic (exact) mass is 532 g/mol. The lowest BCUT2D eigenvalue weighted by Crippen LogP contribution is -2.49. The van der Waals surface area contributed by atoms with Crippen molar-refractivity contribution in [2.24, 2.45) is 5.73 Å². The molecule has 0 saturated heterocycles. The minimum Gasteiger partial charge on any atom is -0.465 e. The molecule has 0 spiro atoms. The molecule has 0 fully saturated rings. The van der Waals surface area contributed by atoms with Gasteiger partial charge < -0.3 is 31.1 Å². The van der Waals surface area contributed by atoms with Crippen LogP contribution in [0.4, 0.5) is 9.59 Å². The van der Waals surface area contributed by atoms with Crippen LogP contribution in [-0.2, 0) is 29.1 Å². The Morgan fingerprint density at radius 2 is 1.41 bits per heavy atom. The van der Waals surface area contributed by atoms with Crippen LogP contribution in [0.25, 0.3) is 0 Å². The first-order valence-electron chi connectivity index (χ1n) is 13.0. The zero-order chi connectivity index (χ0) is 27.9. The first-order valence-corrected chi connectivity index (χ1v) is 13.0. The molecule has 3 amide bonds. The molecule has 0 radical (unpaired) electrons. The fraction of sp³-hybridized carbons (Fsp3) is 0.300. The van der Waals surface area contributed by atoms with E-state index >= 15 is 0 Å². The topological polar surface area (TPSA) is 134 Å². The highest BCUT2D eigenvalue weighted by atomic mass is 16.5. The molecule has 0 saturated carbocycles. The van der Waals surface area contributed by atoms with Crippen molar-refractivity contribution in [1.29, 1.82) is 0 Å². The minimum absolute atomic E-state index is 0.138. The number of nitrogens with two attached hydrogens (primary N) is 1. The van der Waals surface area contributed by atoms with Gasteiger partial charge in [-0.3, -0.25) is 4.79 Å². The molecule has 39 heavy (non-hydrogen) atoms. The second-order valence-electron chi connectivity index (χ2n) is 9.28. The van der Waals surface area contributed by atoms with Gasteiger partial charge >= 0.3 is 12.2 Å². The normalized spacial score (nSPS) is 12.1. The average molecular weight is 533 g/mol. The molecule has 2 atom stereocenters. The summed E-state index contributed by atoms with van der Waals surface area (Å²) >= 11 is 0. The van der Waals surface area contributed by atoms with Crippen molar-refractivity contribution in [2.45, 2.75) is 44.5 Å². The Hall–Kier alpha value is -4.37. The number of alkyl carbamates (subject to hydrolysis) is 1. The Morgan fingerprint density at radius 3 is 2.00 bits per heavy atom. The van der Waals surface area contributed by atoms with Crippen LogP contribution in [0, 0.1) is 0 Å². The van der Waals surface area contributed by atoms with Crippen LogP contribution in [0.5, 0.6) is 0 Å². The fourth-order valence-corrected chi connectivity index (χ4v) is 4.04. The van der Waals surface area contributed by atoms with Gasteiger partial charge in [-0.15, -0.1) is 0 Å². The fourth-order valence-electron chi connectivity index (χ4n) is 4.04. The predicted octanol–water partition coefficient (Wildman–Crippen LogP) is 3.93. The summed E-state index contributed by atoms with van der Waals surface area (Å²) in [5.74, 6) is -0.363. The van der Waals surface area contributed by atoms with Crippen LogP contribution in [-0.4, -0.2) is 53.3 Å². The lowest BCUT2D eigenvalue weighted by molar-refractivity contribution is -0.122. The lowest BCUT2D eigenvalue weighted by atomic mass is 10.1. The van der Waals surface area contributed by atoms with Crippen LogP contribution >= 0.6 is 0 Å². The van der Waals surface area contributed by atoms with E-state index in [1.807, 2.05) is 91.0 Å². The molecule has 206 valence electrons. The Morgan fingerprint density at radius 1 is 0.846 bits per heavy atom. The van der Waals surface area contributed by atoms with Crippen molar-refractivity contribution >= 4 is 18.1 Å². The van der Waals surface area contributed by atoms with E-state index in [1.54, 1.807) is 0 Å². The lowest BCUT2D eigenvalue weighted by Gasteiger charge is -2.22. The van der Waals surface area contributed by atoms with Gasteiger partial charge in [-0.1, -0.05) is 91.0 Å². The minimum atomic E-state index is -1.02. The van der Waals surface area contributed by atoms with Gasteiger partial charge in [-0.2, -0.15) is 0 Å². The number of nitrogens with one attached hydrogen (secondary N) is 2. The van der Waals surface area contributed by atoms with Crippen LogP contribution in [0.2, 0.25) is 0 Å². The SMILES string of the molecule is N[C@H](CCCN(Cc1ccccc1)C(=O)O)C(=O)NC[C@@H](Cc1ccccc1)NC(=O)OCc1ccccc1. The smallest absolute Gasteiger partial charge is 0.407 e. The van der Waals surface area contributed by atoms with Crippen LogP contribution in [0.1, 0.15) is 29.5 Å². The molecular formula is C30H36N4O5. The zero-order valence-corrected chi connectivity index (χ0v) is 21.9. The summed E-state index contributed by atoms with van der Waals surface area (Å²) in [7, 11) is 0. The molecule has 5 N–H and O–H groups in total. The number of carbonyl (C=O) groups is 3. The van der Waals surface area contributed by atoms with Crippen molar-refractivity contribution in [3.8, 4) is 0 Å². The molecule has 0 unspecified atom stereocenters. The average Bonchev–Trinajstić information content (AvgIpc) is 2.95. The number of rotatable bonds is 14. The third-order valence-electron chi connectivity index (χ3n) is 6.15. The maximum Gasteiger partial charge on any atom is 0.407 e. The van der Waals surface area contributed by atoms with Crippen molar-refractivity contribution in [3.05, 3.63) is 108 Å². The third kappa shape index (κ3) is 10.9. The van der Waals surface area contributed by atoms with E-state index in [-0.39, 0.29) is 32.1 Å². The van der Waals surface area contributed by atoms with E-state index in [0.717, 1.165) is 16.7 Å². The molecule has 0 aliphatic heterocycles. The van der Waals surface area contributed by atoms with Gasteiger partial charge in [0, 0.05) is 19.6 Å². The second-order valence-corrected chi connectivity index (χ2v) is 9.28. The summed E-state index contributed by atoms with van der Waals surface area (Å²) in [6.45, 7) is 0.832. The van der Waals surface area contributed by atoms with Gasteiger partial charge in [0.15, 0.2) is 0 Å². The van der Waals surface area contributed by atoms with Crippen LogP contribution in [0.15, 0.2) is 91.0 Å². The van der Waals surface area contributed by atoms with Crippen molar-refractivity contribution in [2.75, 3.05) is 13.1 Å². The van der Waals surface area contributed by atoms with Gasteiger partial charge in [0.25, 0.3) is 0 Å². The highest BCUT2D eigenvalue weighted by molar-refractivity contribution is 5.81. The maximum atomic E-state index is 12.7. The highest BCUT2D eigenvalue weighted by Gasteiger charge is 2.19. The molecule has 0 bridgehead atoms. The molecule has 3 aromatic carbocycles. The third-order valence-corrected chi connectivity index (χ3v) is 6.15. The number of carboxylic acid groups (broad SMARTS) is 1. The summed E-state index contributed by atoms with van der Waals surface area (Å²) in [6, 6.07) is 27.1. The number of ether oxygens (including phenoxy) is 1. The van der Waals surface area contributed by atoms with Crippen molar-refractivity contribution in [3.63, 3.8) is 0 Å². The Bertz CT molecular complexity index is 1160. The number of hydrogen-bond donors (Lipinski definition) is 4. The van der Waals surface area contributed by atoms with E-state index < -0.39 is 24.3 Å². The predicted molar refractivity (Wildman–Crippen MR) is 149 cm³/mol. The van der Waals surface area contributed by atoms with Crippen LogP contribution < -0.4 is 16.4 Å². The van der Waals surface area contributed by atoms with E-state index in [4.69, 9.17) is 10.5 Å². The first-order chi connectivity index (χ1) is 18.9. The maximum absolute atomic E-state index is 12.7. The van der Waals surface area contributed by atoms with Gasteiger partial charge in [-0.05, 0) is 36.0 Å². The highest BCUT2D eigenvalue weighted by Crippen LogP contribution is 2.08. The molecule has 9 nitrogen and oxygen atoms in total. The molecule has 0 aliphatic carbocycles. The summed E-state index contributed by atoms with van der Waals surface area (Å²) < 4.78 is 5.35. The Labute approximate surface area is 229 Å². The largest absolute Gasteiger partial charge is 0.465 e. The number of nitrogens with zero attached hydrogens (tertiary/aromatic N) is 1. The number of amides is 3. The molecule has 3 rings (SSSR count). The van der Waals surface area contributed by atoms with Crippen LogP contribution in [0.3, 0.4) is 0 Å². The first kappa shape index (κ1) is 29.2. The van der Waals surface area contributed by atoms with Gasteiger partial charge in [0.05, 0.1) is 12.1 Å². The van der Waals surface area contributed by atoms with E-state index in [0.29, 0.717) is 19.3 Å². The van der Waals surface area contributed by atoms with E-state index in [2.05, 4.69) is 10.6 Å². The molecule has 3 aromatic rings. The van der Waals surface area contributed by atoms with Gasteiger partial charge in [0.2, 0.25) is 5.91 Å². The summed E-state index contributed by atoms with van der Waals surface area (Å²) in [5.41, 5.74) is 8.85. The van der Waals surface area contributed by atoms with Gasteiger partial charge in [0.1, 0.15) is 6.61 Å². The molecule has 0 aromatic heterocycles. The van der Waals surface area contributed by atoms with E-state index in [1.165, 1.54) is 4.90 Å². The summed E-state index contributed by atoms with van der Waals surface area (Å²) in [4.78, 5) is 38.1. The Kier molecular flexibility index (Phi) is 11.8. The zero-order valence-electron chi connectivity index (χ0n) is 21.9. The standard InChI is InChI=1S/C30H36N4O5/c31-27(17-10-18-34(30(37)38)21-24-13-6-2-7-14-24)28(35)32-20-26(19-23-11-4-1-5-12-23)33-29(36)39-22-25-15-8-3-9-16-25/h1-9,11-16,26-27H,10,17-22,31H2,(H,32,35)(H,33,36)(H,37,38)/t26-,27-/m1/s1. The van der Waals surface area contributed by atoms with Crippen molar-refractivity contribution in [1.82, 2.24) is 15.5 Å².